The van der Waals surface area contributed by atoms with Crippen molar-refractivity contribution < 1.29 is 18.7 Å². The first-order chi connectivity index (χ1) is 8.61. The van der Waals surface area contributed by atoms with Gasteiger partial charge in [-0.05, 0) is 19.1 Å². The third-order valence-electron chi connectivity index (χ3n) is 2.58. The quantitative estimate of drug-likeness (QED) is 0.890. The van der Waals surface area contributed by atoms with E-state index in [4.69, 9.17) is 4.74 Å². The van der Waals surface area contributed by atoms with Crippen molar-refractivity contribution in [2.24, 2.45) is 0 Å². The summed E-state index contributed by atoms with van der Waals surface area (Å²) < 4.78 is 18.7. The molecule has 0 radical (unpaired) electrons. The summed E-state index contributed by atoms with van der Waals surface area (Å²) in [4.78, 5) is 23.9. The van der Waals surface area contributed by atoms with Gasteiger partial charge in [-0.3, -0.25) is 15.0 Å². The van der Waals surface area contributed by atoms with Crippen LogP contribution in [0.5, 0.6) is 5.75 Å². The summed E-state index contributed by atoms with van der Waals surface area (Å²) >= 11 is 0. The van der Waals surface area contributed by atoms with Crippen LogP contribution in [0.3, 0.4) is 0 Å². The monoisotopic (exact) mass is 252 g/mol. The zero-order chi connectivity index (χ0) is 13.1. The van der Waals surface area contributed by atoms with Crippen LogP contribution < -0.4 is 15.0 Å². The molecule has 96 valence electrons. The Labute approximate surface area is 104 Å². The van der Waals surface area contributed by atoms with E-state index in [-0.39, 0.29) is 24.6 Å². The van der Waals surface area contributed by atoms with Gasteiger partial charge in [0.25, 0.3) is 0 Å². The van der Waals surface area contributed by atoms with Gasteiger partial charge in [-0.25, -0.2) is 9.18 Å². The van der Waals surface area contributed by atoms with Gasteiger partial charge in [0.05, 0.1) is 6.61 Å². The number of nitrogens with one attached hydrogen (secondary N) is 1. The molecule has 1 heterocycles. The second kappa shape index (κ2) is 5.03. The summed E-state index contributed by atoms with van der Waals surface area (Å²) in [5.74, 6) is -0.698. The number of urea groups is 1. The van der Waals surface area contributed by atoms with E-state index in [1.54, 1.807) is 13.0 Å². The van der Waals surface area contributed by atoms with E-state index in [1.807, 2.05) is 0 Å². The number of carbonyl (C=O) groups is 2. The topological polar surface area (TPSA) is 58.6 Å². The van der Waals surface area contributed by atoms with Gasteiger partial charge >= 0.3 is 6.03 Å². The van der Waals surface area contributed by atoms with Crippen LogP contribution in [-0.4, -0.2) is 25.1 Å². The lowest BCUT2D eigenvalue weighted by molar-refractivity contribution is -0.120. The Morgan fingerprint density at radius 1 is 1.44 bits per heavy atom. The number of benzene rings is 1. The van der Waals surface area contributed by atoms with Crippen LogP contribution in [0, 0.1) is 5.82 Å². The summed E-state index contributed by atoms with van der Waals surface area (Å²) in [5.41, 5.74) is 0.404. The number of amides is 3. The largest absolute Gasteiger partial charge is 0.491 e. The first-order valence-corrected chi connectivity index (χ1v) is 5.65. The molecule has 0 bridgehead atoms. The lowest BCUT2D eigenvalue weighted by atomic mass is 10.2. The third kappa shape index (κ3) is 2.42. The predicted octanol–water partition coefficient (Wildman–Crippen LogP) is 1.67. The number of rotatable bonds is 3. The summed E-state index contributed by atoms with van der Waals surface area (Å²) in [6.45, 7) is 2.38. The van der Waals surface area contributed by atoms with Crippen LogP contribution in [-0.2, 0) is 4.79 Å². The van der Waals surface area contributed by atoms with Crippen molar-refractivity contribution in [3.8, 4) is 5.75 Å². The van der Waals surface area contributed by atoms with Crippen molar-refractivity contribution in [1.29, 1.82) is 0 Å². The van der Waals surface area contributed by atoms with Crippen LogP contribution in [0.2, 0.25) is 0 Å². The van der Waals surface area contributed by atoms with Crippen molar-refractivity contribution in [3.63, 3.8) is 0 Å². The van der Waals surface area contributed by atoms with E-state index in [9.17, 15) is 14.0 Å². The zero-order valence-corrected chi connectivity index (χ0v) is 9.90. The highest BCUT2D eigenvalue weighted by molar-refractivity contribution is 6.05. The van der Waals surface area contributed by atoms with Crippen LogP contribution in [0.1, 0.15) is 13.3 Å². The number of carbonyl (C=O) groups excluding carboxylic acids is 2. The molecule has 5 nitrogen and oxygen atoms in total. The average Bonchev–Trinajstić information content (AvgIpc) is 2.32. The van der Waals surface area contributed by atoms with Crippen LogP contribution >= 0.6 is 0 Å². The molecule has 1 aromatic rings. The Morgan fingerprint density at radius 3 is 2.83 bits per heavy atom. The fourth-order valence-electron chi connectivity index (χ4n) is 1.74. The normalized spacial score (nSPS) is 15.6. The first-order valence-electron chi connectivity index (χ1n) is 5.65. The van der Waals surface area contributed by atoms with Gasteiger partial charge in [0, 0.05) is 24.7 Å². The molecule has 0 atom stereocenters. The first kappa shape index (κ1) is 12.3. The Morgan fingerprint density at radius 2 is 2.22 bits per heavy atom. The third-order valence-corrected chi connectivity index (χ3v) is 2.58. The molecule has 1 aromatic carbocycles. The maximum absolute atomic E-state index is 13.6. The fourth-order valence-corrected chi connectivity index (χ4v) is 1.74. The Bertz CT molecular complexity index is 490. The SMILES string of the molecule is CCOc1ccc(N2CCC(=O)NC2=O)cc1F. The lowest BCUT2D eigenvalue weighted by Crippen LogP contribution is -2.49. The standard InChI is InChI=1S/C12H13FN2O3/c1-2-18-10-4-3-8(7-9(10)13)15-6-5-11(16)14-12(15)17/h3-4,7H,2,5-6H2,1H3,(H,14,16,17). The minimum Gasteiger partial charge on any atom is -0.491 e. The molecule has 0 aromatic heterocycles. The molecule has 1 fully saturated rings. The maximum Gasteiger partial charge on any atom is 0.328 e. The highest BCUT2D eigenvalue weighted by Crippen LogP contribution is 2.24. The number of ether oxygens (including phenoxy) is 1. The number of nitrogens with zero attached hydrogens (tertiary/aromatic N) is 1. The Kier molecular flexibility index (Phi) is 3.45. The van der Waals surface area contributed by atoms with Crippen molar-refractivity contribution in [2.75, 3.05) is 18.1 Å². The van der Waals surface area contributed by atoms with Gasteiger partial charge in [0.1, 0.15) is 0 Å². The van der Waals surface area contributed by atoms with Gasteiger partial charge in [-0.2, -0.15) is 0 Å². The average molecular weight is 252 g/mol. The van der Waals surface area contributed by atoms with Crippen molar-refractivity contribution >= 4 is 17.6 Å². The fraction of sp³-hybridized carbons (Fsp3) is 0.333. The van der Waals surface area contributed by atoms with Crippen molar-refractivity contribution in [2.45, 2.75) is 13.3 Å². The summed E-state index contributed by atoms with van der Waals surface area (Å²) in [7, 11) is 0. The van der Waals surface area contributed by atoms with Crippen LogP contribution in [0.25, 0.3) is 0 Å². The van der Waals surface area contributed by atoms with Crippen molar-refractivity contribution in [1.82, 2.24) is 5.32 Å². The van der Waals surface area contributed by atoms with E-state index in [0.29, 0.717) is 12.3 Å². The number of halogens is 1. The van der Waals surface area contributed by atoms with Crippen LogP contribution in [0.15, 0.2) is 18.2 Å². The van der Waals surface area contributed by atoms with E-state index in [0.717, 1.165) is 0 Å². The molecule has 2 rings (SSSR count). The molecule has 3 amide bonds. The molecule has 0 spiro atoms. The molecule has 18 heavy (non-hydrogen) atoms. The summed E-state index contributed by atoms with van der Waals surface area (Å²) in [6, 6.07) is 3.75. The van der Waals surface area contributed by atoms with Gasteiger partial charge in [0.15, 0.2) is 11.6 Å². The zero-order valence-electron chi connectivity index (χ0n) is 9.90. The second-order valence-corrected chi connectivity index (χ2v) is 3.80. The van der Waals surface area contributed by atoms with Crippen molar-refractivity contribution in [3.05, 3.63) is 24.0 Å². The van der Waals surface area contributed by atoms with E-state index in [1.165, 1.54) is 17.0 Å². The summed E-state index contributed by atoms with van der Waals surface area (Å²) in [5, 5.41) is 2.18. The van der Waals surface area contributed by atoms with Gasteiger partial charge in [-0.1, -0.05) is 0 Å². The molecular weight excluding hydrogens is 239 g/mol. The number of anilines is 1. The molecule has 1 aliphatic rings. The maximum atomic E-state index is 13.6. The highest BCUT2D eigenvalue weighted by atomic mass is 19.1. The van der Waals surface area contributed by atoms with E-state index in [2.05, 4.69) is 5.32 Å². The summed E-state index contributed by atoms with van der Waals surface area (Å²) in [6.07, 6.45) is 0.209. The molecule has 0 aliphatic carbocycles. The molecule has 0 unspecified atom stereocenters. The molecular formula is C12H13FN2O3. The number of hydrogen-bond acceptors (Lipinski definition) is 3. The minimum absolute atomic E-state index is 0.148. The molecule has 1 N–H and O–H groups in total. The van der Waals surface area contributed by atoms with Crippen LogP contribution in [0.4, 0.5) is 14.9 Å². The predicted molar refractivity (Wildman–Crippen MR) is 63.1 cm³/mol. The highest BCUT2D eigenvalue weighted by Gasteiger charge is 2.24. The number of hydrogen-bond donors (Lipinski definition) is 1. The van der Waals surface area contributed by atoms with E-state index >= 15 is 0 Å². The van der Waals surface area contributed by atoms with Gasteiger partial charge in [-0.15, -0.1) is 0 Å². The van der Waals surface area contributed by atoms with E-state index < -0.39 is 11.8 Å². The second-order valence-electron chi connectivity index (χ2n) is 3.80. The molecule has 0 saturated carbocycles. The molecule has 1 saturated heterocycles. The molecule has 1 aliphatic heterocycles. The molecule has 6 heteroatoms. The van der Waals surface area contributed by atoms with Gasteiger partial charge in [0.2, 0.25) is 5.91 Å². The Hall–Kier alpha value is -2.11. The lowest BCUT2D eigenvalue weighted by Gasteiger charge is -2.26. The Balaban J connectivity index is 2.21. The number of imide groups is 1. The minimum atomic E-state index is -0.533. The van der Waals surface area contributed by atoms with Gasteiger partial charge < -0.3 is 4.74 Å². The smallest absolute Gasteiger partial charge is 0.328 e.